The molecule has 0 spiro atoms. The molecule has 0 saturated carbocycles. The highest BCUT2D eigenvalue weighted by molar-refractivity contribution is 7.12. The maximum absolute atomic E-state index is 6.13. The van der Waals surface area contributed by atoms with Crippen molar-refractivity contribution in [3.63, 3.8) is 0 Å². The second-order valence-electron chi connectivity index (χ2n) is 4.81. The summed E-state index contributed by atoms with van der Waals surface area (Å²) in [6.07, 6.45) is 1.12. The lowest BCUT2D eigenvalue weighted by Crippen LogP contribution is -2.23. The van der Waals surface area contributed by atoms with Gasteiger partial charge in [0.15, 0.2) is 0 Å². The zero-order valence-corrected chi connectivity index (χ0v) is 13.2. The summed E-state index contributed by atoms with van der Waals surface area (Å²) in [7, 11) is 0. The molecule has 1 unspecified atom stereocenters. The smallest absolute Gasteiger partial charge is 0.0588 e. The maximum Gasteiger partial charge on any atom is 0.0588 e. The Kier molecular flexibility index (Phi) is 5.03. The first-order chi connectivity index (χ1) is 9.11. The van der Waals surface area contributed by atoms with Crippen LogP contribution in [0.5, 0.6) is 0 Å². The third kappa shape index (κ3) is 3.59. The van der Waals surface area contributed by atoms with Crippen LogP contribution in [0.2, 0.25) is 5.02 Å². The van der Waals surface area contributed by atoms with Gasteiger partial charge in [-0.1, -0.05) is 30.7 Å². The topological polar surface area (TPSA) is 12.0 Å². The van der Waals surface area contributed by atoms with Crippen molar-refractivity contribution in [2.75, 3.05) is 6.54 Å². The predicted octanol–water partition coefficient (Wildman–Crippen LogP) is 5.11. The van der Waals surface area contributed by atoms with Crippen LogP contribution in [-0.4, -0.2) is 6.54 Å². The molecule has 19 heavy (non-hydrogen) atoms. The zero-order valence-electron chi connectivity index (χ0n) is 11.7. The lowest BCUT2D eigenvalue weighted by atomic mass is 9.99. The Bertz CT molecular complexity index is 547. The number of hydrogen-bond acceptors (Lipinski definition) is 2. The number of nitrogens with one attached hydrogen (secondary N) is 1. The monoisotopic (exact) mass is 293 g/mol. The highest BCUT2D eigenvalue weighted by atomic mass is 35.5. The minimum Gasteiger partial charge on any atom is -0.306 e. The van der Waals surface area contributed by atoms with Crippen LogP contribution in [0.4, 0.5) is 0 Å². The van der Waals surface area contributed by atoms with Gasteiger partial charge in [-0.2, -0.15) is 0 Å². The minimum absolute atomic E-state index is 0.239. The first-order valence-corrected chi connectivity index (χ1v) is 7.87. The summed E-state index contributed by atoms with van der Waals surface area (Å²) in [6, 6.07) is 10.7. The van der Waals surface area contributed by atoms with Gasteiger partial charge in [-0.15, -0.1) is 11.3 Å². The molecule has 0 saturated heterocycles. The predicted molar refractivity (Wildman–Crippen MR) is 85.4 cm³/mol. The van der Waals surface area contributed by atoms with Gasteiger partial charge >= 0.3 is 0 Å². The van der Waals surface area contributed by atoms with Gasteiger partial charge in [0.25, 0.3) is 0 Å². The van der Waals surface area contributed by atoms with Crippen LogP contribution < -0.4 is 5.32 Å². The van der Waals surface area contributed by atoms with E-state index in [0.29, 0.717) is 0 Å². The Morgan fingerprint density at radius 2 is 2.05 bits per heavy atom. The maximum atomic E-state index is 6.13. The fourth-order valence-corrected chi connectivity index (χ4v) is 3.48. The van der Waals surface area contributed by atoms with Gasteiger partial charge < -0.3 is 5.32 Å². The molecule has 1 nitrogen and oxygen atoms in total. The number of rotatable bonds is 5. The van der Waals surface area contributed by atoms with Gasteiger partial charge in [-0.3, -0.25) is 0 Å². The van der Waals surface area contributed by atoms with E-state index in [2.05, 4.69) is 44.3 Å². The van der Waals surface area contributed by atoms with Crippen molar-refractivity contribution in [1.29, 1.82) is 0 Å². The van der Waals surface area contributed by atoms with Crippen molar-refractivity contribution < 1.29 is 0 Å². The first-order valence-electron chi connectivity index (χ1n) is 6.67. The van der Waals surface area contributed by atoms with Gasteiger partial charge in [0.2, 0.25) is 0 Å². The van der Waals surface area contributed by atoms with Crippen molar-refractivity contribution in [2.45, 2.75) is 33.2 Å². The van der Waals surface area contributed by atoms with E-state index in [9.17, 15) is 0 Å². The standard InChI is InChI=1S/C16H20ClNS/c1-4-8-18-16(13-6-5-7-14(17)10-13)15-9-11(2)19-12(15)3/h5-7,9-10,16,18H,4,8H2,1-3H3. The van der Waals surface area contributed by atoms with Gasteiger partial charge in [0.1, 0.15) is 0 Å². The molecule has 2 aromatic rings. The number of hydrogen-bond donors (Lipinski definition) is 1. The van der Waals surface area contributed by atoms with Crippen molar-refractivity contribution in [1.82, 2.24) is 5.32 Å². The fraction of sp³-hybridized carbons (Fsp3) is 0.375. The molecule has 3 heteroatoms. The average molecular weight is 294 g/mol. The molecule has 0 aliphatic carbocycles. The zero-order chi connectivity index (χ0) is 13.8. The Balaban J connectivity index is 2.38. The van der Waals surface area contributed by atoms with E-state index in [1.807, 2.05) is 23.5 Å². The molecule has 102 valence electrons. The van der Waals surface area contributed by atoms with Crippen LogP contribution in [0.15, 0.2) is 30.3 Å². The molecule has 0 radical (unpaired) electrons. The lowest BCUT2D eigenvalue weighted by Gasteiger charge is -2.19. The average Bonchev–Trinajstić information content (AvgIpc) is 2.69. The Labute approximate surface area is 124 Å². The summed E-state index contributed by atoms with van der Waals surface area (Å²) in [5.74, 6) is 0. The van der Waals surface area contributed by atoms with Crippen LogP contribution in [0.3, 0.4) is 0 Å². The number of aryl methyl sites for hydroxylation is 2. The van der Waals surface area contributed by atoms with E-state index < -0.39 is 0 Å². The second-order valence-corrected chi connectivity index (χ2v) is 6.71. The Morgan fingerprint density at radius 1 is 1.26 bits per heavy atom. The lowest BCUT2D eigenvalue weighted by molar-refractivity contribution is 0.598. The van der Waals surface area contributed by atoms with Gasteiger partial charge in [-0.05, 0) is 56.1 Å². The van der Waals surface area contributed by atoms with Crippen molar-refractivity contribution in [3.8, 4) is 0 Å². The third-order valence-electron chi connectivity index (χ3n) is 3.17. The summed E-state index contributed by atoms with van der Waals surface area (Å²) in [5.41, 5.74) is 2.61. The minimum atomic E-state index is 0.239. The number of thiophene rings is 1. The fourth-order valence-electron chi connectivity index (χ4n) is 2.32. The molecular formula is C16H20ClNS. The molecule has 0 aliphatic heterocycles. The molecule has 0 amide bonds. The van der Waals surface area contributed by atoms with Crippen LogP contribution in [0.1, 0.15) is 40.3 Å². The van der Waals surface area contributed by atoms with Gasteiger partial charge in [0.05, 0.1) is 6.04 Å². The van der Waals surface area contributed by atoms with E-state index in [-0.39, 0.29) is 6.04 Å². The van der Waals surface area contributed by atoms with Crippen molar-refractivity contribution >= 4 is 22.9 Å². The SMILES string of the molecule is CCCNC(c1cccc(Cl)c1)c1cc(C)sc1C. The molecule has 1 N–H and O–H groups in total. The van der Waals surface area contributed by atoms with E-state index >= 15 is 0 Å². The number of benzene rings is 1. The number of halogens is 1. The van der Waals surface area contributed by atoms with E-state index in [1.165, 1.54) is 20.9 Å². The van der Waals surface area contributed by atoms with E-state index in [4.69, 9.17) is 11.6 Å². The highest BCUT2D eigenvalue weighted by Crippen LogP contribution is 2.31. The summed E-state index contributed by atoms with van der Waals surface area (Å²) in [5, 5.41) is 4.43. The normalized spacial score (nSPS) is 12.6. The molecule has 1 aromatic carbocycles. The van der Waals surface area contributed by atoms with E-state index in [0.717, 1.165) is 18.0 Å². The Hall–Kier alpha value is -0.830. The molecule has 0 bridgehead atoms. The van der Waals surface area contributed by atoms with Crippen LogP contribution >= 0.6 is 22.9 Å². The molecule has 2 rings (SSSR count). The van der Waals surface area contributed by atoms with Gasteiger partial charge in [-0.25, -0.2) is 0 Å². The summed E-state index contributed by atoms with van der Waals surface area (Å²) < 4.78 is 0. The Morgan fingerprint density at radius 3 is 2.63 bits per heavy atom. The van der Waals surface area contributed by atoms with Crippen molar-refractivity contribution in [2.24, 2.45) is 0 Å². The quantitative estimate of drug-likeness (QED) is 0.808. The molecule has 1 atom stereocenters. The van der Waals surface area contributed by atoms with E-state index in [1.54, 1.807) is 0 Å². The molecule has 0 fully saturated rings. The molecule has 1 aromatic heterocycles. The third-order valence-corrected chi connectivity index (χ3v) is 4.39. The molecule has 1 heterocycles. The molecule has 0 aliphatic rings. The second kappa shape index (κ2) is 6.56. The highest BCUT2D eigenvalue weighted by Gasteiger charge is 2.17. The summed E-state index contributed by atoms with van der Waals surface area (Å²) >= 11 is 7.99. The van der Waals surface area contributed by atoms with Gasteiger partial charge in [0, 0.05) is 14.8 Å². The first kappa shape index (κ1) is 14.6. The van der Waals surface area contributed by atoms with Crippen LogP contribution in [-0.2, 0) is 0 Å². The largest absolute Gasteiger partial charge is 0.306 e. The summed E-state index contributed by atoms with van der Waals surface area (Å²) in [6.45, 7) is 7.55. The summed E-state index contributed by atoms with van der Waals surface area (Å²) in [4.78, 5) is 2.74. The van der Waals surface area contributed by atoms with Crippen molar-refractivity contribution in [3.05, 3.63) is 56.2 Å². The van der Waals surface area contributed by atoms with Crippen LogP contribution in [0, 0.1) is 13.8 Å². The van der Waals surface area contributed by atoms with Crippen LogP contribution in [0.25, 0.3) is 0 Å². The molecular weight excluding hydrogens is 274 g/mol.